The van der Waals surface area contributed by atoms with Gasteiger partial charge in [-0.3, -0.25) is 20.4 Å². The van der Waals surface area contributed by atoms with Crippen molar-refractivity contribution >= 4 is 39.4 Å². The number of amides is 1. The molecule has 2 aromatic rings. The fourth-order valence-electron chi connectivity index (χ4n) is 1.47. The molecule has 2 rings (SSSR count). The molecule has 0 bridgehead atoms. The monoisotopic (exact) mass is 369 g/mol. The van der Waals surface area contributed by atoms with E-state index in [4.69, 9.17) is 0 Å². The zero-order valence-electron chi connectivity index (χ0n) is 11.0. The molecule has 2 heterocycles. The molecule has 1 amide bonds. The number of halogens is 1. The highest BCUT2D eigenvalue weighted by molar-refractivity contribution is 9.10. The number of carbonyl (C=O) groups excluding carboxylic acids is 1. The molecule has 0 aliphatic heterocycles. The molecule has 21 heavy (non-hydrogen) atoms. The van der Waals surface area contributed by atoms with Crippen LogP contribution in [0.1, 0.15) is 0 Å². The largest absolute Gasteiger partial charge is 0.305 e. The lowest BCUT2D eigenvalue weighted by Crippen LogP contribution is -2.35. The maximum atomic E-state index is 11.8. The van der Waals surface area contributed by atoms with E-state index < -0.39 is 0 Å². The highest BCUT2D eigenvalue weighted by atomic mass is 79.9. The van der Waals surface area contributed by atoms with Gasteiger partial charge in [-0.2, -0.15) is 0 Å². The molecule has 0 unspecified atom stereocenters. The van der Waals surface area contributed by atoms with Gasteiger partial charge in [-0.15, -0.1) is 11.8 Å². The molecule has 0 aliphatic carbocycles. The number of nitrogens with one attached hydrogen (secondary N) is 2. The summed E-state index contributed by atoms with van der Waals surface area (Å²) in [6.07, 6.45) is 4.85. The van der Waals surface area contributed by atoms with Crippen molar-refractivity contribution in [2.24, 2.45) is 0 Å². The van der Waals surface area contributed by atoms with Gasteiger partial charge < -0.3 is 4.57 Å². The average Bonchev–Trinajstić information content (AvgIpc) is 2.49. The second kappa shape index (κ2) is 7.23. The number of hydrogen-bond acceptors (Lipinski definition) is 6. The summed E-state index contributed by atoms with van der Waals surface area (Å²) in [5.41, 5.74) is 4.91. The second-order valence-corrected chi connectivity index (χ2v) is 5.67. The normalized spacial score (nSPS) is 10.2. The summed E-state index contributed by atoms with van der Waals surface area (Å²) in [6.45, 7) is -0.0915. The average molecular weight is 370 g/mol. The first kappa shape index (κ1) is 15.5. The van der Waals surface area contributed by atoms with Gasteiger partial charge >= 0.3 is 0 Å². The Balaban J connectivity index is 1.95. The third-order valence-corrected chi connectivity index (χ3v) is 3.55. The van der Waals surface area contributed by atoms with E-state index in [0.717, 1.165) is 9.50 Å². The van der Waals surface area contributed by atoms with Crippen LogP contribution in [-0.2, 0) is 11.3 Å². The first-order valence-electron chi connectivity index (χ1n) is 5.85. The van der Waals surface area contributed by atoms with Crippen LogP contribution in [0, 0.1) is 0 Å². The summed E-state index contributed by atoms with van der Waals surface area (Å²) < 4.78 is 2.03. The van der Waals surface area contributed by atoms with E-state index in [1.54, 1.807) is 18.3 Å². The second-order valence-electron chi connectivity index (χ2n) is 3.93. The highest BCUT2D eigenvalue weighted by Gasteiger charge is 2.05. The lowest BCUT2D eigenvalue weighted by atomic mass is 10.4. The standard InChI is InChI=1S/C12H12BrN5O2S/c1-21-11-4-9(14-7-15-11)16-17-10(19)6-18-5-8(13)2-3-12(18)20/h2-5,7H,6H2,1H3,(H,17,19)(H,14,15,16). The number of aromatic nitrogens is 3. The van der Waals surface area contributed by atoms with Crippen molar-refractivity contribution in [1.82, 2.24) is 20.0 Å². The van der Waals surface area contributed by atoms with Crippen LogP contribution in [-0.4, -0.2) is 26.7 Å². The summed E-state index contributed by atoms with van der Waals surface area (Å²) in [5.74, 6) is 0.115. The van der Waals surface area contributed by atoms with E-state index in [1.165, 1.54) is 28.7 Å². The minimum absolute atomic E-state index is 0.0915. The molecule has 0 radical (unpaired) electrons. The van der Waals surface area contributed by atoms with Crippen LogP contribution in [0.2, 0.25) is 0 Å². The SMILES string of the molecule is CSc1cc(NNC(=O)Cn2cc(Br)ccc2=O)ncn1. The van der Waals surface area contributed by atoms with E-state index in [9.17, 15) is 9.59 Å². The summed E-state index contributed by atoms with van der Waals surface area (Å²) in [6, 6.07) is 4.72. The molecule has 9 heteroatoms. The van der Waals surface area contributed by atoms with Crippen LogP contribution in [0.15, 0.2) is 45.0 Å². The van der Waals surface area contributed by atoms with E-state index in [2.05, 4.69) is 36.7 Å². The number of thioether (sulfide) groups is 1. The topological polar surface area (TPSA) is 88.9 Å². The maximum absolute atomic E-state index is 11.8. The van der Waals surface area contributed by atoms with Gasteiger partial charge in [-0.1, -0.05) is 0 Å². The minimum atomic E-state index is -0.362. The number of hydrogen-bond donors (Lipinski definition) is 2. The van der Waals surface area contributed by atoms with Crippen LogP contribution in [0.4, 0.5) is 5.82 Å². The third kappa shape index (κ3) is 4.57. The molecule has 0 fully saturated rings. The number of anilines is 1. The summed E-state index contributed by atoms with van der Waals surface area (Å²) >= 11 is 4.72. The molecule has 0 atom stereocenters. The number of carbonyl (C=O) groups is 1. The van der Waals surface area contributed by atoms with Crippen LogP contribution in [0.5, 0.6) is 0 Å². The first-order valence-corrected chi connectivity index (χ1v) is 7.87. The Morgan fingerprint density at radius 2 is 2.24 bits per heavy atom. The Labute approximate surface area is 133 Å². The molecule has 2 N–H and O–H groups in total. The number of hydrazine groups is 1. The zero-order chi connectivity index (χ0) is 15.2. The number of rotatable bonds is 5. The molecular formula is C12H12BrN5O2S. The van der Waals surface area contributed by atoms with Gasteiger partial charge in [0, 0.05) is 22.8 Å². The van der Waals surface area contributed by atoms with Crippen molar-refractivity contribution in [1.29, 1.82) is 0 Å². The third-order valence-electron chi connectivity index (χ3n) is 2.44. The van der Waals surface area contributed by atoms with Crippen LogP contribution >= 0.6 is 27.7 Å². The number of nitrogens with zero attached hydrogens (tertiary/aromatic N) is 3. The Morgan fingerprint density at radius 3 is 3.00 bits per heavy atom. The van der Waals surface area contributed by atoms with E-state index in [-0.39, 0.29) is 18.0 Å². The zero-order valence-corrected chi connectivity index (χ0v) is 13.4. The van der Waals surface area contributed by atoms with Gasteiger partial charge in [0.25, 0.3) is 11.5 Å². The lowest BCUT2D eigenvalue weighted by molar-refractivity contribution is -0.121. The van der Waals surface area contributed by atoms with E-state index in [1.807, 2.05) is 6.26 Å². The number of pyridine rings is 1. The molecule has 110 valence electrons. The maximum Gasteiger partial charge on any atom is 0.258 e. The lowest BCUT2D eigenvalue weighted by Gasteiger charge is -2.09. The minimum Gasteiger partial charge on any atom is -0.305 e. The molecule has 2 aromatic heterocycles. The van der Waals surface area contributed by atoms with E-state index in [0.29, 0.717) is 5.82 Å². The fraction of sp³-hybridized carbons (Fsp3) is 0.167. The molecule has 0 aromatic carbocycles. The van der Waals surface area contributed by atoms with Gasteiger partial charge in [0.2, 0.25) is 0 Å². The van der Waals surface area contributed by atoms with Crippen LogP contribution < -0.4 is 16.4 Å². The smallest absolute Gasteiger partial charge is 0.258 e. The summed E-state index contributed by atoms with van der Waals surface area (Å²) in [7, 11) is 0. The van der Waals surface area contributed by atoms with Crippen LogP contribution in [0.3, 0.4) is 0 Å². The predicted octanol–water partition coefficient (Wildman–Crippen LogP) is 1.27. The van der Waals surface area contributed by atoms with Crippen molar-refractivity contribution in [3.63, 3.8) is 0 Å². The Morgan fingerprint density at radius 1 is 1.43 bits per heavy atom. The molecule has 0 aliphatic rings. The Bertz CT molecular complexity index is 706. The van der Waals surface area contributed by atoms with E-state index >= 15 is 0 Å². The van der Waals surface area contributed by atoms with Crippen molar-refractivity contribution in [3.05, 3.63) is 45.5 Å². The van der Waals surface area contributed by atoms with Crippen molar-refractivity contribution in [3.8, 4) is 0 Å². The van der Waals surface area contributed by atoms with Gasteiger partial charge in [0.05, 0.1) is 0 Å². The summed E-state index contributed by atoms with van der Waals surface area (Å²) in [4.78, 5) is 31.4. The van der Waals surface area contributed by atoms with Gasteiger partial charge in [0.15, 0.2) is 0 Å². The quantitative estimate of drug-likeness (QED) is 0.468. The molecule has 0 saturated carbocycles. The highest BCUT2D eigenvalue weighted by Crippen LogP contribution is 2.12. The van der Waals surface area contributed by atoms with Crippen molar-refractivity contribution in [2.45, 2.75) is 11.6 Å². The Kier molecular flexibility index (Phi) is 5.34. The van der Waals surface area contributed by atoms with Crippen molar-refractivity contribution < 1.29 is 4.79 Å². The summed E-state index contributed by atoms with van der Waals surface area (Å²) in [5, 5.41) is 0.782. The predicted molar refractivity (Wildman–Crippen MR) is 84.0 cm³/mol. The van der Waals surface area contributed by atoms with Crippen molar-refractivity contribution in [2.75, 3.05) is 11.7 Å². The first-order chi connectivity index (χ1) is 10.1. The molecule has 7 nitrogen and oxygen atoms in total. The van der Waals surface area contributed by atoms with Gasteiger partial charge in [-0.25, -0.2) is 9.97 Å². The molecule has 0 spiro atoms. The Hall–Kier alpha value is -1.87. The molecule has 0 saturated heterocycles. The molecular weight excluding hydrogens is 358 g/mol. The van der Waals surface area contributed by atoms with Gasteiger partial charge in [0.1, 0.15) is 23.7 Å². The van der Waals surface area contributed by atoms with Crippen LogP contribution in [0.25, 0.3) is 0 Å². The fourth-order valence-corrected chi connectivity index (χ4v) is 2.23. The van der Waals surface area contributed by atoms with Gasteiger partial charge in [-0.05, 0) is 28.3 Å².